The lowest BCUT2D eigenvalue weighted by atomic mass is 9.97. The van der Waals surface area contributed by atoms with Gasteiger partial charge >= 0.3 is 0 Å². The first-order valence-electron chi connectivity index (χ1n) is 5.61. The summed E-state index contributed by atoms with van der Waals surface area (Å²) in [7, 11) is 0. The van der Waals surface area contributed by atoms with Gasteiger partial charge in [-0.25, -0.2) is 0 Å². The van der Waals surface area contributed by atoms with Crippen molar-refractivity contribution in [2.75, 3.05) is 5.75 Å². The largest absolute Gasteiger partial charge is 0.289 e. The summed E-state index contributed by atoms with van der Waals surface area (Å²) in [6.45, 7) is 0. The molecule has 86 valence electrons. The number of benzene rings is 2. The van der Waals surface area contributed by atoms with Gasteiger partial charge in [0.1, 0.15) is 0 Å². The summed E-state index contributed by atoms with van der Waals surface area (Å²) in [6.07, 6.45) is 0.817. The predicted molar refractivity (Wildman–Crippen MR) is 73.9 cm³/mol. The van der Waals surface area contributed by atoms with Gasteiger partial charge in [-0.2, -0.15) is 12.6 Å². The van der Waals surface area contributed by atoms with Crippen molar-refractivity contribution < 1.29 is 4.79 Å². The number of rotatable bonds is 4. The van der Waals surface area contributed by atoms with E-state index in [4.69, 9.17) is 0 Å². The highest BCUT2D eigenvalue weighted by Gasteiger charge is 2.11. The van der Waals surface area contributed by atoms with Gasteiger partial charge in [0, 0.05) is 11.1 Å². The van der Waals surface area contributed by atoms with E-state index in [0.717, 1.165) is 28.9 Å². The average Bonchev–Trinajstić information content (AvgIpc) is 2.40. The first-order chi connectivity index (χ1) is 8.33. The molecule has 0 amide bonds. The molecule has 0 saturated heterocycles. The molecule has 2 aromatic carbocycles. The molecular formula is C15H14OS. The van der Waals surface area contributed by atoms with Crippen LogP contribution in [0.5, 0.6) is 0 Å². The van der Waals surface area contributed by atoms with E-state index in [1.807, 2.05) is 54.6 Å². The molecule has 0 aliphatic heterocycles. The summed E-state index contributed by atoms with van der Waals surface area (Å²) < 4.78 is 0. The van der Waals surface area contributed by atoms with Crippen LogP contribution in [0.15, 0.2) is 54.6 Å². The van der Waals surface area contributed by atoms with Crippen LogP contribution >= 0.6 is 12.6 Å². The SMILES string of the molecule is O=C(c1ccccc1)c1ccccc1CCS. The topological polar surface area (TPSA) is 17.1 Å². The van der Waals surface area contributed by atoms with Crippen molar-refractivity contribution in [2.45, 2.75) is 6.42 Å². The minimum Gasteiger partial charge on any atom is -0.289 e. The Labute approximate surface area is 107 Å². The van der Waals surface area contributed by atoms with Crippen LogP contribution in [0.25, 0.3) is 0 Å². The van der Waals surface area contributed by atoms with E-state index < -0.39 is 0 Å². The molecule has 0 radical (unpaired) electrons. The Morgan fingerprint density at radius 1 is 0.941 bits per heavy atom. The normalized spacial score (nSPS) is 10.2. The third-order valence-electron chi connectivity index (χ3n) is 2.68. The van der Waals surface area contributed by atoms with Gasteiger partial charge in [0.25, 0.3) is 0 Å². The maximum Gasteiger partial charge on any atom is 0.193 e. The van der Waals surface area contributed by atoms with Crippen LogP contribution in [0.3, 0.4) is 0 Å². The second-order valence-corrected chi connectivity index (χ2v) is 4.27. The zero-order valence-electron chi connectivity index (χ0n) is 9.47. The molecule has 0 heterocycles. The predicted octanol–water partition coefficient (Wildman–Crippen LogP) is 3.39. The highest BCUT2D eigenvalue weighted by atomic mass is 32.1. The second kappa shape index (κ2) is 5.69. The van der Waals surface area contributed by atoms with Crippen molar-refractivity contribution >= 4 is 18.4 Å². The Morgan fingerprint density at radius 3 is 2.29 bits per heavy atom. The lowest BCUT2D eigenvalue weighted by molar-refractivity contribution is 0.103. The smallest absolute Gasteiger partial charge is 0.193 e. The van der Waals surface area contributed by atoms with Gasteiger partial charge in [0.05, 0.1) is 0 Å². The summed E-state index contributed by atoms with van der Waals surface area (Å²) in [6, 6.07) is 17.1. The zero-order valence-corrected chi connectivity index (χ0v) is 10.4. The van der Waals surface area contributed by atoms with Crippen LogP contribution in [0.2, 0.25) is 0 Å². The molecule has 0 aliphatic rings. The van der Waals surface area contributed by atoms with E-state index in [9.17, 15) is 4.79 Å². The van der Waals surface area contributed by atoms with Crippen molar-refractivity contribution in [3.05, 3.63) is 71.3 Å². The molecule has 0 spiro atoms. The van der Waals surface area contributed by atoms with Crippen LogP contribution in [-0.2, 0) is 6.42 Å². The Bertz CT molecular complexity index is 505. The number of thiol groups is 1. The minimum atomic E-state index is 0.0861. The van der Waals surface area contributed by atoms with Crippen LogP contribution < -0.4 is 0 Å². The Morgan fingerprint density at radius 2 is 1.59 bits per heavy atom. The monoisotopic (exact) mass is 242 g/mol. The number of ketones is 1. The lowest BCUT2D eigenvalue weighted by Crippen LogP contribution is -2.05. The number of carbonyl (C=O) groups excluding carboxylic acids is 1. The molecular weight excluding hydrogens is 228 g/mol. The van der Waals surface area contributed by atoms with Gasteiger partial charge in [-0.1, -0.05) is 54.6 Å². The van der Waals surface area contributed by atoms with E-state index in [0.29, 0.717) is 0 Å². The average molecular weight is 242 g/mol. The van der Waals surface area contributed by atoms with Crippen molar-refractivity contribution in [2.24, 2.45) is 0 Å². The first kappa shape index (κ1) is 11.9. The molecule has 0 N–H and O–H groups in total. The van der Waals surface area contributed by atoms with E-state index in [2.05, 4.69) is 12.6 Å². The molecule has 2 heteroatoms. The number of hydrogen-bond donors (Lipinski definition) is 1. The van der Waals surface area contributed by atoms with E-state index >= 15 is 0 Å². The molecule has 0 fully saturated rings. The molecule has 2 aromatic rings. The summed E-state index contributed by atoms with van der Waals surface area (Å²) in [5.74, 6) is 0.835. The molecule has 0 bridgehead atoms. The number of carbonyl (C=O) groups is 1. The van der Waals surface area contributed by atoms with Gasteiger partial charge in [-0.05, 0) is 17.7 Å². The van der Waals surface area contributed by atoms with Gasteiger partial charge in [0.2, 0.25) is 0 Å². The van der Waals surface area contributed by atoms with Crippen LogP contribution in [0, 0.1) is 0 Å². The quantitative estimate of drug-likeness (QED) is 0.642. The fraction of sp³-hybridized carbons (Fsp3) is 0.133. The summed E-state index contributed by atoms with van der Waals surface area (Å²) >= 11 is 4.22. The van der Waals surface area contributed by atoms with Crippen molar-refractivity contribution in [3.8, 4) is 0 Å². The molecule has 0 atom stereocenters. The van der Waals surface area contributed by atoms with Gasteiger partial charge in [-0.15, -0.1) is 0 Å². The highest BCUT2D eigenvalue weighted by Crippen LogP contribution is 2.15. The zero-order chi connectivity index (χ0) is 12.1. The summed E-state index contributed by atoms with van der Waals surface area (Å²) in [4.78, 5) is 12.3. The molecule has 2 rings (SSSR count). The van der Waals surface area contributed by atoms with Crippen molar-refractivity contribution in [1.82, 2.24) is 0 Å². The molecule has 0 saturated carbocycles. The summed E-state index contributed by atoms with van der Waals surface area (Å²) in [5.41, 5.74) is 2.59. The Hall–Kier alpha value is -1.54. The Kier molecular flexibility index (Phi) is 3.99. The second-order valence-electron chi connectivity index (χ2n) is 3.83. The minimum absolute atomic E-state index is 0.0861. The van der Waals surface area contributed by atoms with Crippen molar-refractivity contribution in [1.29, 1.82) is 0 Å². The highest BCUT2D eigenvalue weighted by molar-refractivity contribution is 7.80. The maximum absolute atomic E-state index is 12.3. The lowest BCUT2D eigenvalue weighted by Gasteiger charge is -2.07. The third kappa shape index (κ3) is 2.77. The molecule has 17 heavy (non-hydrogen) atoms. The molecule has 1 nitrogen and oxygen atoms in total. The van der Waals surface area contributed by atoms with Crippen LogP contribution in [0.4, 0.5) is 0 Å². The maximum atomic E-state index is 12.3. The standard InChI is InChI=1S/C15H14OS/c16-15(13-7-2-1-3-8-13)14-9-5-4-6-12(14)10-11-17/h1-9,17H,10-11H2. The number of hydrogen-bond acceptors (Lipinski definition) is 2. The van der Waals surface area contributed by atoms with Crippen LogP contribution in [0.1, 0.15) is 21.5 Å². The van der Waals surface area contributed by atoms with Gasteiger partial charge < -0.3 is 0 Å². The van der Waals surface area contributed by atoms with Gasteiger partial charge in [-0.3, -0.25) is 4.79 Å². The third-order valence-corrected chi connectivity index (χ3v) is 2.90. The van der Waals surface area contributed by atoms with Crippen molar-refractivity contribution in [3.63, 3.8) is 0 Å². The van der Waals surface area contributed by atoms with E-state index in [-0.39, 0.29) is 5.78 Å². The number of aryl methyl sites for hydroxylation is 1. The Balaban J connectivity index is 2.37. The first-order valence-corrected chi connectivity index (χ1v) is 6.24. The molecule has 0 aliphatic carbocycles. The molecule has 0 unspecified atom stereocenters. The fourth-order valence-corrected chi connectivity index (χ4v) is 2.07. The van der Waals surface area contributed by atoms with E-state index in [1.165, 1.54) is 0 Å². The van der Waals surface area contributed by atoms with Crippen LogP contribution in [-0.4, -0.2) is 11.5 Å². The molecule has 0 aromatic heterocycles. The van der Waals surface area contributed by atoms with Gasteiger partial charge in [0.15, 0.2) is 5.78 Å². The van der Waals surface area contributed by atoms with E-state index in [1.54, 1.807) is 0 Å². The fourth-order valence-electron chi connectivity index (χ4n) is 1.83. The summed E-state index contributed by atoms with van der Waals surface area (Å²) in [5, 5.41) is 0.